The number of sulfonamides is 1. The van der Waals surface area contributed by atoms with Crippen molar-refractivity contribution in [3.05, 3.63) is 22.4 Å². The van der Waals surface area contributed by atoms with Gasteiger partial charge in [-0.3, -0.25) is 0 Å². The summed E-state index contributed by atoms with van der Waals surface area (Å²) in [5.74, 6) is -0.610. The van der Waals surface area contributed by atoms with Gasteiger partial charge < -0.3 is 10.5 Å². The summed E-state index contributed by atoms with van der Waals surface area (Å²) in [7, 11) is -3.76. The maximum Gasteiger partial charge on any atom is 0.242 e. The van der Waals surface area contributed by atoms with Gasteiger partial charge in [0.05, 0.1) is 16.8 Å². The molecule has 1 rings (SSSR count). The van der Waals surface area contributed by atoms with E-state index >= 15 is 0 Å². The zero-order valence-electron chi connectivity index (χ0n) is 9.74. The fourth-order valence-electron chi connectivity index (χ4n) is 1.25. The summed E-state index contributed by atoms with van der Waals surface area (Å²) in [5.41, 5.74) is 5.36. The molecule has 0 radical (unpaired) electrons. The van der Waals surface area contributed by atoms with Gasteiger partial charge in [-0.1, -0.05) is 0 Å². The Morgan fingerprint density at radius 1 is 1.50 bits per heavy atom. The van der Waals surface area contributed by atoms with Crippen molar-refractivity contribution in [3.8, 4) is 0 Å². The summed E-state index contributed by atoms with van der Waals surface area (Å²) in [4.78, 5) is -0.160. The van der Waals surface area contributed by atoms with Gasteiger partial charge in [-0.15, -0.1) is 0 Å². The monoisotopic (exact) mass is 340 g/mol. The SMILES string of the molecule is CCOCCNS(=O)(=O)c1cc(Br)c(F)cc1N. The first-order chi connectivity index (χ1) is 8.38. The molecule has 0 spiro atoms. The zero-order chi connectivity index (χ0) is 13.8. The Hall–Kier alpha value is -0.700. The highest BCUT2D eigenvalue weighted by Crippen LogP contribution is 2.25. The minimum Gasteiger partial charge on any atom is -0.398 e. The largest absolute Gasteiger partial charge is 0.398 e. The van der Waals surface area contributed by atoms with Crippen molar-refractivity contribution < 1.29 is 17.5 Å². The van der Waals surface area contributed by atoms with Gasteiger partial charge in [0.15, 0.2) is 0 Å². The molecule has 0 atom stereocenters. The molecule has 1 aromatic rings. The van der Waals surface area contributed by atoms with Crippen LogP contribution in [0.25, 0.3) is 0 Å². The predicted octanol–water partition coefficient (Wildman–Crippen LogP) is 1.49. The van der Waals surface area contributed by atoms with Crippen LogP contribution in [-0.4, -0.2) is 28.2 Å². The van der Waals surface area contributed by atoms with E-state index in [2.05, 4.69) is 20.7 Å². The average Bonchev–Trinajstić information content (AvgIpc) is 2.29. The Kier molecular flexibility index (Phi) is 5.51. The molecule has 0 saturated heterocycles. The van der Waals surface area contributed by atoms with Crippen molar-refractivity contribution in [2.75, 3.05) is 25.5 Å². The maximum atomic E-state index is 13.1. The highest BCUT2D eigenvalue weighted by atomic mass is 79.9. The highest BCUT2D eigenvalue weighted by Gasteiger charge is 2.19. The summed E-state index contributed by atoms with van der Waals surface area (Å²) in [5, 5.41) is 0. The molecule has 0 aliphatic heterocycles. The summed E-state index contributed by atoms with van der Waals surface area (Å²) < 4.78 is 44.3. The lowest BCUT2D eigenvalue weighted by molar-refractivity contribution is 0.153. The lowest BCUT2D eigenvalue weighted by atomic mass is 10.3. The zero-order valence-corrected chi connectivity index (χ0v) is 12.1. The summed E-state index contributed by atoms with van der Waals surface area (Å²) in [6, 6.07) is 2.09. The van der Waals surface area contributed by atoms with Crippen molar-refractivity contribution >= 4 is 31.6 Å². The van der Waals surface area contributed by atoms with Crippen molar-refractivity contribution in [2.24, 2.45) is 0 Å². The number of halogens is 2. The lowest BCUT2D eigenvalue weighted by Gasteiger charge is -2.10. The Labute approximate surface area is 114 Å². The van der Waals surface area contributed by atoms with Crippen LogP contribution in [0, 0.1) is 5.82 Å². The standard InChI is InChI=1S/C10H14BrFN2O3S/c1-2-17-4-3-14-18(15,16)10-5-7(11)8(12)6-9(10)13/h5-6,14H,2-4,13H2,1H3. The number of rotatable bonds is 6. The van der Waals surface area contributed by atoms with Crippen molar-refractivity contribution in [1.82, 2.24) is 4.72 Å². The number of nitrogen functional groups attached to an aromatic ring is 1. The van der Waals surface area contributed by atoms with E-state index in [0.29, 0.717) is 6.61 Å². The van der Waals surface area contributed by atoms with E-state index in [1.54, 1.807) is 0 Å². The van der Waals surface area contributed by atoms with E-state index in [4.69, 9.17) is 10.5 Å². The van der Waals surface area contributed by atoms with Crippen molar-refractivity contribution in [1.29, 1.82) is 0 Å². The third-order valence-electron chi connectivity index (χ3n) is 2.08. The van der Waals surface area contributed by atoms with Gasteiger partial charge >= 0.3 is 0 Å². The molecule has 0 unspecified atom stereocenters. The van der Waals surface area contributed by atoms with Crippen LogP contribution in [-0.2, 0) is 14.8 Å². The normalized spacial score (nSPS) is 11.7. The van der Waals surface area contributed by atoms with Gasteiger partial charge in [0.1, 0.15) is 10.7 Å². The third kappa shape index (κ3) is 3.91. The van der Waals surface area contributed by atoms with E-state index in [-0.39, 0.29) is 28.2 Å². The van der Waals surface area contributed by atoms with E-state index in [1.165, 1.54) is 0 Å². The second kappa shape index (κ2) is 6.46. The topological polar surface area (TPSA) is 81.4 Å². The summed E-state index contributed by atoms with van der Waals surface area (Å²) >= 11 is 2.92. The van der Waals surface area contributed by atoms with Gasteiger partial charge in [-0.25, -0.2) is 17.5 Å². The minimum absolute atomic E-state index is 0.0434. The van der Waals surface area contributed by atoms with Crippen LogP contribution < -0.4 is 10.5 Å². The lowest BCUT2D eigenvalue weighted by Crippen LogP contribution is -2.28. The van der Waals surface area contributed by atoms with Crippen LogP contribution in [0.4, 0.5) is 10.1 Å². The number of nitrogens with one attached hydrogen (secondary N) is 1. The molecule has 0 heterocycles. The molecule has 3 N–H and O–H groups in total. The molecule has 18 heavy (non-hydrogen) atoms. The molecule has 102 valence electrons. The molecule has 8 heteroatoms. The summed E-state index contributed by atoms with van der Waals surface area (Å²) in [6.07, 6.45) is 0. The van der Waals surface area contributed by atoms with Crippen LogP contribution in [0.15, 0.2) is 21.5 Å². The van der Waals surface area contributed by atoms with Gasteiger partial charge in [0.25, 0.3) is 0 Å². The number of anilines is 1. The Morgan fingerprint density at radius 3 is 2.78 bits per heavy atom. The highest BCUT2D eigenvalue weighted by molar-refractivity contribution is 9.10. The number of hydrogen-bond acceptors (Lipinski definition) is 4. The Bertz CT molecular complexity index is 522. The fourth-order valence-corrected chi connectivity index (χ4v) is 2.89. The first kappa shape index (κ1) is 15.4. The van der Waals surface area contributed by atoms with E-state index < -0.39 is 15.8 Å². The average molecular weight is 341 g/mol. The third-order valence-corrected chi connectivity index (χ3v) is 4.21. The first-order valence-corrected chi connectivity index (χ1v) is 7.48. The van der Waals surface area contributed by atoms with Gasteiger partial charge in [-0.2, -0.15) is 0 Å². The number of benzene rings is 1. The minimum atomic E-state index is -3.76. The van der Waals surface area contributed by atoms with Gasteiger partial charge in [-0.05, 0) is 35.0 Å². The van der Waals surface area contributed by atoms with E-state index in [0.717, 1.165) is 12.1 Å². The molecule has 1 aromatic carbocycles. The molecule has 5 nitrogen and oxygen atoms in total. The first-order valence-electron chi connectivity index (χ1n) is 5.20. The van der Waals surface area contributed by atoms with Crippen LogP contribution >= 0.6 is 15.9 Å². The smallest absolute Gasteiger partial charge is 0.242 e. The molecular formula is C10H14BrFN2O3S. The molecule has 0 saturated carbocycles. The summed E-state index contributed by atoms with van der Waals surface area (Å²) in [6.45, 7) is 2.71. The van der Waals surface area contributed by atoms with Gasteiger partial charge in [0, 0.05) is 13.2 Å². The van der Waals surface area contributed by atoms with Crippen LogP contribution in [0.5, 0.6) is 0 Å². The van der Waals surface area contributed by atoms with E-state index in [9.17, 15) is 12.8 Å². The number of hydrogen-bond donors (Lipinski definition) is 2. The fraction of sp³-hybridized carbons (Fsp3) is 0.400. The van der Waals surface area contributed by atoms with Crippen LogP contribution in [0.2, 0.25) is 0 Å². The van der Waals surface area contributed by atoms with Crippen LogP contribution in [0.1, 0.15) is 6.92 Å². The molecule has 0 aliphatic rings. The van der Waals surface area contributed by atoms with Crippen molar-refractivity contribution in [2.45, 2.75) is 11.8 Å². The maximum absolute atomic E-state index is 13.1. The second-order valence-electron chi connectivity index (χ2n) is 3.40. The molecule has 0 amide bonds. The molecule has 0 aliphatic carbocycles. The molecule has 0 fully saturated rings. The predicted molar refractivity (Wildman–Crippen MR) is 70.2 cm³/mol. The van der Waals surface area contributed by atoms with Crippen LogP contribution in [0.3, 0.4) is 0 Å². The Balaban J connectivity index is 2.88. The molecule has 0 bridgehead atoms. The van der Waals surface area contributed by atoms with Crippen molar-refractivity contribution in [3.63, 3.8) is 0 Å². The number of ether oxygens (including phenoxy) is 1. The quantitative estimate of drug-likeness (QED) is 0.607. The molecule has 0 aromatic heterocycles. The molecular weight excluding hydrogens is 327 g/mol. The number of nitrogens with two attached hydrogens (primary N) is 1. The van der Waals surface area contributed by atoms with E-state index in [1.807, 2.05) is 6.92 Å². The Morgan fingerprint density at radius 2 is 2.17 bits per heavy atom. The second-order valence-corrected chi connectivity index (χ2v) is 5.99. The van der Waals surface area contributed by atoms with Gasteiger partial charge in [0.2, 0.25) is 10.0 Å².